The van der Waals surface area contributed by atoms with E-state index in [1.807, 2.05) is 0 Å². The van der Waals surface area contributed by atoms with Crippen LogP contribution in [0.5, 0.6) is 0 Å². The normalized spacial score (nSPS) is 15.5. The molecule has 0 aliphatic carbocycles. The molecule has 0 radical (unpaired) electrons. The van der Waals surface area contributed by atoms with Crippen LogP contribution in [0.2, 0.25) is 0 Å². The van der Waals surface area contributed by atoms with Gasteiger partial charge in [-0.3, -0.25) is 4.90 Å². The predicted molar refractivity (Wildman–Crippen MR) is 93.8 cm³/mol. The van der Waals surface area contributed by atoms with Crippen LogP contribution in [0, 0.1) is 0 Å². The molecule has 114 valence electrons. The van der Waals surface area contributed by atoms with Crippen LogP contribution in [-0.2, 0) is 13.0 Å². The Bertz CT molecular complexity index is 586. The molecule has 0 atom stereocenters. The Kier molecular flexibility index (Phi) is 5.44. The lowest BCUT2D eigenvalue weighted by atomic mass is 9.99. The number of benzene rings is 2. The van der Waals surface area contributed by atoms with Crippen LogP contribution < -0.4 is 0 Å². The molecule has 0 bridgehead atoms. The van der Waals surface area contributed by atoms with Gasteiger partial charge in [0, 0.05) is 19.6 Å². The first-order valence-electron chi connectivity index (χ1n) is 8.38. The summed E-state index contributed by atoms with van der Waals surface area (Å²) < 4.78 is 0. The van der Waals surface area contributed by atoms with E-state index in [4.69, 9.17) is 0 Å². The lowest BCUT2D eigenvalue weighted by Gasteiger charge is -2.26. The molecule has 2 aromatic carbocycles. The van der Waals surface area contributed by atoms with Gasteiger partial charge in [0.25, 0.3) is 0 Å². The fraction of sp³-hybridized carbons (Fsp3) is 0.333. The van der Waals surface area contributed by atoms with E-state index in [0.29, 0.717) is 0 Å². The molecule has 0 aromatic heterocycles. The average Bonchev–Trinajstić information content (AvgIpc) is 2.58. The highest BCUT2D eigenvalue weighted by atomic mass is 15.1. The monoisotopic (exact) mass is 291 g/mol. The van der Waals surface area contributed by atoms with Crippen LogP contribution in [0.3, 0.4) is 0 Å². The van der Waals surface area contributed by atoms with E-state index < -0.39 is 0 Å². The number of aryl methyl sites for hydroxylation is 1. The smallest absolute Gasteiger partial charge is 0.0237 e. The van der Waals surface area contributed by atoms with Crippen molar-refractivity contribution in [3.05, 3.63) is 83.4 Å². The fourth-order valence-corrected chi connectivity index (χ4v) is 3.13. The van der Waals surface area contributed by atoms with Crippen LogP contribution in [-0.4, -0.2) is 18.0 Å². The van der Waals surface area contributed by atoms with Crippen LogP contribution in [0.15, 0.2) is 72.3 Å². The lowest BCUT2D eigenvalue weighted by molar-refractivity contribution is 0.284. The molecule has 0 N–H and O–H groups in total. The van der Waals surface area contributed by atoms with Gasteiger partial charge in [-0.25, -0.2) is 0 Å². The summed E-state index contributed by atoms with van der Waals surface area (Å²) in [6.45, 7) is 3.39. The minimum Gasteiger partial charge on any atom is -0.295 e. The van der Waals surface area contributed by atoms with Crippen molar-refractivity contribution in [2.45, 2.75) is 32.2 Å². The van der Waals surface area contributed by atoms with E-state index in [9.17, 15) is 0 Å². The van der Waals surface area contributed by atoms with E-state index in [1.54, 1.807) is 5.57 Å². The van der Waals surface area contributed by atoms with Gasteiger partial charge in [0.05, 0.1) is 0 Å². The molecule has 3 rings (SSSR count). The second-order valence-electron chi connectivity index (χ2n) is 6.17. The molecular weight excluding hydrogens is 266 g/mol. The Morgan fingerprint density at radius 3 is 2.09 bits per heavy atom. The summed E-state index contributed by atoms with van der Waals surface area (Å²) in [7, 11) is 0. The molecule has 2 aromatic rings. The zero-order valence-corrected chi connectivity index (χ0v) is 13.2. The molecule has 1 aliphatic rings. The van der Waals surface area contributed by atoms with Crippen molar-refractivity contribution >= 4 is 0 Å². The first-order chi connectivity index (χ1) is 10.9. The summed E-state index contributed by atoms with van der Waals surface area (Å²) >= 11 is 0. The van der Waals surface area contributed by atoms with Gasteiger partial charge in [0.1, 0.15) is 0 Å². The van der Waals surface area contributed by atoms with Crippen LogP contribution in [0.25, 0.3) is 0 Å². The summed E-state index contributed by atoms with van der Waals surface area (Å²) in [5, 5.41) is 0. The van der Waals surface area contributed by atoms with Gasteiger partial charge >= 0.3 is 0 Å². The third kappa shape index (κ3) is 4.57. The zero-order valence-electron chi connectivity index (χ0n) is 13.2. The molecule has 0 saturated carbocycles. The summed E-state index contributed by atoms with van der Waals surface area (Å²) in [4.78, 5) is 2.54. The SMILES string of the molecule is C1=C(CCCc2ccccc2)CCN(Cc2ccccc2)C1. The quantitative estimate of drug-likeness (QED) is 0.688. The zero-order chi connectivity index (χ0) is 15.0. The summed E-state index contributed by atoms with van der Waals surface area (Å²) in [6.07, 6.45) is 7.42. The van der Waals surface area contributed by atoms with Crippen molar-refractivity contribution in [3.8, 4) is 0 Å². The van der Waals surface area contributed by atoms with Crippen molar-refractivity contribution < 1.29 is 0 Å². The minimum absolute atomic E-state index is 1.08. The molecule has 0 fully saturated rings. The van der Waals surface area contributed by atoms with Gasteiger partial charge in [-0.05, 0) is 36.8 Å². The topological polar surface area (TPSA) is 3.24 Å². The summed E-state index contributed by atoms with van der Waals surface area (Å²) in [5.41, 5.74) is 4.54. The van der Waals surface area contributed by atoms with Gasteiger partial charge in [-0.2, -0.15) is 0 Å². The molecule has 1 heterocycles. The molecule has 0 saturated heterocycles. The fourth-order valence-electron chi connectivity index (χ4n) is 3.13. The van der Waals surface area contributed by atoms with Crippen molar-refractivity contribution in [3.63, 3.8) is 0 Å². The Hall–Kier alpha value is -1.86. The van der Waals surface area contributed by atoms with Crippen LogP contribution in [0.1, 0.15) is 30.4 Å². The van der Waals surface area contributed by atoms with E-state index >= 15 is 0 Å². The largest absolute Gasteiger partial charge is 0.295 e. The van der Waals surface area contributed by atoms with Crippen molar-refractivity contribution in [1.82, 2.24) is 4.90 Å². The van der Waals surface area contributed by atoms with Gasteiger partial charge in [-0.1, -0.05) is 72.3 Å². The van der Waals surface area contributed by atoms with Gasteiger partial charge in [0.15, 0.2) is 0 Å². The third-order valence-electron chi connectivity index (χ3n) is 4.44. The predicted octanol–water partition coefficient (Wildman–Crippen LogP) is 4.84. The highest BCUT2D eigenvalue weighted by molar-refractivity contribution is 5.17. The summed E-state index contributed by atoms with van der Waals surface area (Å²) in [5.74, 6) is 0. The average molecular weight is 291 g/mol. The van der Waals surface area contributed by atoms with Crippen molar-refractivity contribution in [1.29, 1.82) is 0 Å². The first kappa shape index (κ1) is 15.1. The number of nitrogens with zero attached hydrogens (tertiary/aromatic N) is 1. The van der Waals surface area contributed by atoms with E-state index in [1.165, 1.54) is 43.4 Å². The van der Waals surface area contributed by atoms with E-state index in [-0.39, 0.29) is 0 Å². The van der Waals surface area contributed by atoms with Crippen LogP contribution >= 0.6 is 0 Å². The molecule has 1 nitrogen and oxygen atoms in total. The molecule has 0 spiro atoms. The maximum atomic E-state index is 2.54. The van der Waals surface area contributed by atoms with Gasteiger partial charge in [-0.15, -0.1) is 0 Å². The summed E-state index contributed by atoms with van der Waals surface area (Å²) in [6, 6.07) is 21.6. The molecule has 0 amide bonds. The number of rotatable bonds is 6. The standard InChI is InChI=1S/C21H25N/c1-3-8-19(9-4-1)12-7-13-20-14-16-22(17-15-20)18-21-10-5-2-6-11-21/h1-6,8-11,14H,7,12-13,15-18H2. The number of hydrogen-bond acceptors (Lipinski definition) is 1. The van der Waals surface area contributed by atoms with E-state index in [2.05, 4.69) is 71.6 Å². The minimum atomic E-state index is 1.08. The Labute approximate surface area is 134 Å². The lowest BCUT2D eigenvalue weighted by Crippen LogP contribution is -2.28. The molecule has 1 heteroatoms. The van der Waals surface area contributed by atoms with Crippen molar-refractivity contribution in [2.24, 2.45) is 0 Å². The maximum absolute atomic E-state index is 2.54. The second kappa shape index (κ2) is 7.95. The third-order valence-corrected chi connectivity index (χ3v) is 4.44. The number of hydrogen-bond donors (Lipinski definition) is 0. The van der Waals surface area contributed by atoms with Gasteiger partial charge in [0.2, 0.25) is 0 Å². The Morgan fingerprint density at radius 2 is 1.45 bits per heavy atom. The Morgan fingerprint density at radius 1 is 0.773 bits per heavy atom. The highest BCUT2D eigenvalue weighted by Gasteiger charge is 2.11. The molecular formula is C21H25N. The highest BCUT2D eigenvalue weighted by Crippen LogP contribution is 2.19. The first-order valence-corrected chi connectivity index (χ1v) is 8.38. The van der Waals surface area contributed by atoms with Gasteiger partial charge < -0.3 is 0 Å². The molecule has 0 unspecified atom stereocenters. The molecule has 22 heavy (non-hydrogen) atoms. The van der Waals surface area contributed by atoms with Crippen LogP contribution in [0.4, 0.5) is 0 Å². The van der Waals surface area contributed by atoms with Crippen molar-refractivity contribution in [2.75, 3.05) is 13.1 Å². The maximum Gasteiger partial charge on any atom is 0.0237 e. The van der Waals surface area contributed by atoms with E-state index in [0.717, 1.165) is 13.1 Å². The second-order valence-corrected chi connectivity index (χ2v) is 6.17. The molecule has 1 aliphatic heterocycles. The Balaban J connectivity index is 1.41.